The molecule has 10 heteroatoms. The van der Waals surface area contributed by atoms with Crippen LogP contribution >= 0.6 is 0 Å². The number of nitrogens with zero attached hydrogens (tertiary/aromatic N) is 5. The zero-order valence-corrected chi connectivity index (χ0v) is 18.4. The molecule has 1 atom stereocenters. The van der Waals surface area contributed by atoms with Gasteiger partial charge in [0.25, 0.3) is 5.91 Å². The highest BCUT2D eigenvalue weighted by Crippen LogP contribution is 2.34. The molecule has 3 aromatic rings. The third-order valence-corrected chi connectivity index (χ3v) is 6.25. The van der Waals surface area contributed by atoms with Gasteiger partial charge in [-0.15, -0.1) is 0 Å². The lowest BCUT2D eigenvalue weighted by Gasteiger charge is -2.22. The lowest BCUT2D eigenvalue weighted by atomic mass is 9.98. The topological polar surface area (TPSA) is 126 Å². The molecular formula is C23H26N6O4. The molecule has 0 saturated carbocycles. The number of carbonyl (C=O) groups is 1. The van der Waals surface area contributed by atoms with Gasteiger partial charge in [-0.3, -0.25) is 4.79 Å². The van der Waals surface area contributed by atoms with E-state index >= 15 is 0 Å². The fraction of sp³-hybridized carbons (Fsp3) is 0.435. The zero-order chi connectivity index (χ0) is 22.8. The minimum absolute atomic E-state index is 0.126. The maximum Gasteiger partial charge on any atom is 0.262 e. The minimum Gasteiger partial charge on any atom is -0.381 e. The molecule has 2 saturated heterocycles. The number of likely N-dealkylation sites (N-methyl/N-ethyl adjacent to an activating group) is 1. The van der Waals surface area contributed by atoms with Gasteiger partial charge >= 0.3 is 0 Å². The summed E-state index contributed by atoms with van der Waals surface area (Å²) in [7, 11) is 1.65. The lowest BCUT2D eigenvalue weighted by Crippen LogP contribution is -2.35. The molecule has 5 rings (SSSR count). The normalized spacial score (nSPS) is 21.5. The van der Waals surface area contributed by atoms with Crippen molar-refractivity contribution in [1.82, 2.24) is 25.0 Å². The highest BCUT2D eigenvalue weighted by atomic mass is 16.5. The summed E-state index contributed by atoms with van der Waals surface area (Å²) in [6.45, 7) is 2.86. The smallest absolute Gasteiger partial charge is 0.262 e. The van der Waals surface area contributed by atoms with E-state index in [4.69, 9.17) is 9.26 Å². The van der Waals surface area contributed by atoms with Crippen molar-refractivity contribution in [2.24, 2.45) is 5.92 Å². The molecule has 0 unspecified atom stereocenters. The number of nitrogens with one attached hydrogen (secondary N) is 1. The van der Waals surface area contributed by atoms with Crippen molar-refractivity contribution in [3.8, 4) is 22.8 Å². The molecule has 10 nitrogen and oxygen atoms in total. The average molecular weight is 450 g/mol. The van der Waals surface area contributed by atoms with Crippen LogP contribution in [0.25, 0.3) is 22.8 Å². The van der Waals surface area contributed by atoms with Crippen molar-refractivity contribution >= 4 is 11.9 Å². The van der Waals surface area contributed by atoms with Gasteiger partial charge < -0.3 is 24.6 Å². The van der Waals surface area contributed by atoms with Crippen LogP contribution in [0, 0.1) is 5.92 Å². The number of anilines is 1. The second kappa shape index (κ2) is 8.87. The molecule has 2 fully saturated rings. The highest BCUT2D eigenvalue weighted by Gasteiger charge is 2.48. The van der Waals surface area contributed by atoms with Gasteiger partial charge in [0.1, 0.15) is 5.69 Å². The standard InChI is InChI=1S/C23H26N6O4/c1-29-10-8-23(31,21(29)30)20-13-19(28-33-20)17-4-2-3-16(26-17)18-5-9-24-22(27-18)25-14-15-6-11-32-12-7-15/h2-5,9,13,15,31H,6-8,10-12,14H2,1H3,(H,24,25,27)/t23-/m1/s1. The Balaban J connectivity index is 1.34. The molecule has 2 N–H and O–H groups in total. The Morgan fingerprint density at radius 1 is 1.15 bits per heavy atom. The Kier molecular flexibility index (Phi) is 5.77. The molecule has 2 aliphatic rings. The van der Waals surface area contributed by atoms with Crippen LogP contribution in [0.5, 0.6) is 0 Å². The van der Waals surface area contributed by atoms with E-state index in [2.05, 4.69) is 25.4 Å². The van der Waals surface area contributed by atoms with E-state index in [9.17, 15) is 9.90 Å². The quantitative estimate of drug-likeness (QED) is 0.580. The maximum absolute atomic E-state index is 12.3. The average Bonchev–Trinajstić information content (AvgIpc) is 3.46. The predicted octanol–water partition coefficient (Wildman–Crippen LogP) is 2.08. The van der Waals surface area contributed by atoms with E-state index in [1.54, 1.807) is 31.4 Å². The second-order valence-corrected chi connectivity index (χ2v) is 8.52. The van der Waals surface area contributed by atoms with Crippen molar-refractivity contribution in [2.75, 3.05) is 38.7 Å². The predicted molar refractivity (Wildman–Crippen MR) is 119 cm³/mol. The third kappa shape index (κ3) is 4.31. The number of hydrogen-bond donors (Lipinski definition) is 2. The monoisotopic (exact) mass is 450 g/mol. The molecule has 3 aromatic heterocycles. The van der Waals surface area contributed by atoms with E-state index in [-0.39, 0.29) is 12.2 Å². The maximum atomic E-state index is 12.3. The molecule has 33 heavy (non-hydrogen) atoms. The zero-order valence-electron chi connectivity index (χ0n) is 18.4. The van der Waals surface area contributed by atoms with Crippen molar-refractivity contribution in [3.05, 3.63) is 42.3 Å². The molecule has 0 bridgehead atoms. The number of hydrogen-bond acceptors (Lipinski definition) is 9. The summed E-state index contributed by atoms with van der Waals surface area (Å²) in [6.07, 6.45) is 4.03. The van der Waals surface area contributed by atoms with Gasteiger partial charge in [-0.05, 0) is 37.0 Å². The third-order valence-electron chi connectivity index (χ3n) is 6.25. The van der Waals surface area contributed by atoms with Gasteiger partial charge in [-0.1, -0.05) is 11.2 Å². The number of pyridine rings is 1. The first kappa shape index (κ1) is 21.5. The minimum atomic E-state index is -1.69. The van der Waals surface area contributed by atoms with Crippen molar-refractivity contribution in [2.45, 2.75) is 24.9 Å². The Morgan fingerprint density at radius 2 is 1.91 bits per heavy atom. The van der Waals surface area contributed by atoms with Crippen molar-refractivity contribution in [1.29, 1.82) is 0 Å². The fourth-order valence-corrected chi connectivity index (χ4v) is 4.17. The second-order valence-electron chi connectivity index (χ2n) is 8.52. The first-order valence-electron chi connectivity index (χ1n) is 11.1. The van der Waals surface area contributed by atoms with Crippen molar-refractivity contribution in [3.63, 3.8) is 0 Å². The molecule has 0 radical (unpaired) electrons. The number of likely N-dealkylation sites (tertiary alicyclic amines) is 1. The number of amides is 1. The lowest BCUT2D eigenvalue weighted by molar-refractivity contribution is -0.144. The van der Waals surface area contributed by atoms with E-state index < -0.39 is 11.5 Å². The van der Waals surface area contributed by atoms with Crippen LogP contribution in [0.2, 0.25) is 0 Å². The van der Waals surface area contributed by atoms with E-state index in [1.165, 1.54) is 4.90 Å². The summed E-state index contributed by atoms with van der Waals surface area (Å²) < 4.78 is 10.8. The molecule has 172 valence electrons. The summed E-state index contributed by atoms with van der Waals surface area (Å²) in [5, 5.41) is 18.2. The van der Waals surface area contributed by atoms with Gasteiger partial charge in [-0.2, -0.15) is 0 Å². The number of aromatic nitrogens is 4. The van der Waals surface area contributed by atoms with Gasteiger partial charge in [0, 0.05) is 52.0 Å². The fourth-order valence-electron chi connectivity index (χ4n) is 4.17. The molecular weight excluding hydrogens is 424 g/mol. The van der Waals surface area contributed by atoms with Crippen LogP contribution in [-0.2, 0) is 15.1 Å². The van der Waals surface area contributed by atoms with Crippen LogP contribution in [0.1, 0.15) is 25.0 Å². The van der Waals surface area contributed by atoms with Crippen molar-refractivity contribution < 1.29 is 19.2 Å². The van der Waals surface area contributed by atoms with Gasteiger partial charge in [0.2, 0.25) is 11.5 Å². The van der Waals surface area contributed by atoms with Gasteiger partial charge in [-0.25, -0.2) is 15.0 Å². The number of carbonyl (C=O) groups excluding carboxylic acids is 1. The van der Waals surface area contributed by atoms with Crippen LogP contribution in [0.4, 0.5) is 5.95 Å². The Labute approximate surface area is 191 Å². The molecule has 0 aromatic carbocycles. The Morgan fingerprint density at radius 3 is 2.67 bits per heavy atom. The molecule has 0 spiro atoms. The number of aliphatic hydroxyl groups is 1. The summed E-state index contributed by atoms with van der Waals surface area (Å²) in [6, 6.07) is 8.88. The SMILES string of the molecule is CN1CC[C@@](O)(c2cc(-c3cccc(-c4ccnc(NCC5CCOCC5)n4)n3)no2)C1=O. The molecule has 2 aliphatic heterocycles. The first-order valence-corrected chi connectivity index (χ1v) is 11.1. The summed E-state index contributed by atoms with van der Waals surface area (Å²) >= 11 is 0. The molecule has 0 aliphatic carbocycles. The largest absolute Gasteiger partial charge is 0.381 e. The van der Waals surface area contributed by atoms with Crippen LogP contribution < -0.4 is 5.32 Å². The van der Waals surface area contributed by atoms with Crippen LogP contribution in [-0.4, -0.2) is 69.4 Å². The van der Waals surface area contributed by atoms with Gasteiger partial charge in [0.05, 0.1) is 17.1 Å². The number of ether oxygens (including phenoxy) is 1. The number of rotatable bonds is 6. The molecule has 5 heterocycles. The van der Waals surface area contributed by atoms with Crippen LogP contribution in [0.15, 0.2) is 41.1 Å². The highest BCUT2D eigenvalue weighted by molar-refractivity contribution is 5.87. The van der Waals surface area contributed by atoms with E-state index in [1.807, 2.05) is 12.1 Å². The van der Waals surface area contributed by atoms with Gasteiger partial charge in [0.15, 0.2) is 5.76 Å². The summed E-state index contributed by atoms with van der Waals surface area (Å²) in [5.74, 6) is 0.838. The summed E-state index contributed by atoms with van der Waals surface area (Å²) in [4.78, 5) is 27.4. The first-order chi connectivity index (χ1) is 16.0. The van der Waals surface area contributed by atoms with E-state index in [0.29, 0.717) is 41.2 Å². The molecule has 1 amide bonds. The van der Waals surface area contributed by atoms with E-state index in [0.717, 1.165) is 32.6 Å². The van der Waals surface area contributed by atoms with Crippen LogP contribution in [0.3, 0.4) is 0 Å². The Hall–Kier alpha value is -3.37. The summed E-state index contributed by atoms with van der Waals surface area (Å²) in [5.41, 5.74) is 0.643. The Bertz CT molecular complexity index is 1150.